The van der Waals surface area contributed by atoms with Crippen molar-refractivity contribution < 1.29 is 21.6 Å². The van der Waals surface area contributed by atoms with Gasteiger partial charge in [0, 0.05) is 17.1 Å². The van der Waals surface area contributed by atoms with Gasteiger partial charge in [-0.15, -0.1) is 0 Å². The van der Waals surface area contributed by atoms with E-state index < -0.39 is 21.6 Å². The molecule has 0 amide bonds. The van der Waals surface area contributed by atoms with Gasteiger partial charge < -0.3 is 0 Å². The number of nitrogens with zero attached hydrogens (tertiary/aromatic N) is 4. The molecule has 4 rings (SSSR count). The van der Waals surface area contributed by atoms with E-state index in [1.54, 1.807) is 19.9 Å². The van der Waals surface area contributed by atoms with E-state index >= 15 is 0 Å². The Kier molecular flexibility index (Phi) is 5.41. The van der Waals surface area contributed by atoms with Crippen LogP contribution in [0.25, 0.3) is 22.2 Å². The van der Waals surface area contributed by atoms with Gasteiger partial charge in [0.25, 0.3) is 0 Å². The summed E-state index contributed by atoms with van der Waals surface area (Å²) in [5.74, 6) is 0.0767. The van der Waals surface area contributed by atoms with Crippen molar-refractivity contribution in [3.05, 3.63) is 77.6 Å². The summed E-state index contributed by atoms with van der Waals surface area (Å²) >= 11 is 0. The molecule has 2 aromatic heterocycles. The van der Waals surface area contributed by atoms with E-state index in [-0.39, 0.29) is 10.6 Å². The van der Waals surface area contributed by atoms with E-state index in [9.17, 15) is 21.6 Å². The van der Waals surface area contributed by atoms with Gasteiger partial charge in [0.2, 0.25) is 0 Å². The third-order valence-electron chi connectivity index (χ3n) is 4.93. The molecule has 0 spiro atoms. The number of aromatic nitrogens is 4. The summed E-state index contributed by atoms with van der Waals surface area (Å²) in [5.41, 5.74) is 1.37. The van der Waals surface area contributed by atoms with Crippen LogP contribution in [-0.4, -0.2) is 28.4 Å². The zero-order chi connectivity index (χ0) is 23.1. The van der Waals surface area contributed by atoms with Gasteiger partial charge in [-0.1, -0.05) is 6.07 Å². The number of sulfone groups is 1. The molecular weight excluding hydrogens is 441 g/mol. The summed E-state index contributed by atoms with van der Waals surface area (Å²) in [5, 5.41) is 0.541. The molecule has 0 saturated carbocycles. The maximum atomic E-state index is 13.0. The lowest BCUT2D eigenvalue weighted by Crippen LogP contribution is -2.07. The van der Waals surface area contributed by atoms with Crippen LogP contribution in [0.15, 0.2) is 59.9 Å². The highest BCUT2D eigenvalue weighted by molar-refractivity contribution is 7.90. The molecule has 32 heavy (non-hydrogen) atoms. The number of hydrogen-bond donors (Lipinski definition) is 0. The first kappa shape index (κ1) is 21.8. The molecule has 4 aromatic rings. The van der Waals surface area contributed by atoms with Crippen molar-refractivity contribution in [2.45, 2.75) is 30.7 Å². The fourth-order valence-electron chi connectivity index (χ4n) is 3.41. The SMILES string of the molecule is Cc1nc(-c2ccc(C(F)(F)F)cc2C)c2ccc(S(=O)(=O)Cc3ccncn3)cc2n1. The second-order valence-corrected chi connectivity index (χ2v) is 9.28. The highest BCUT2D eigenvalue weighted by atomic mass is 32.2. The van der Waals surface area contributed by atoms with Gasteiger partial charge in [0.1, 0.15) is 12.2 Å². The van der Waals surface area contributed by atoms with E-state index in [0.29, 0.717) is 39.2 Å². The Balaban J connectivity index is 1.81. The van der Waals surface area contributed by atoms with E-state index in [1.807, 2.05) is 0 Å². The minimum Gasteiger partial charge on any atom is -0.245 e. The smallest absolute Gasteiger partial charge is 0.245 e. The average Bonchev–Trinajstić information content (AvgIpc) is 2.72. The molecule has 0 saturated heterocycles. The first-order chi connectivity index (χ1) is 15.0. The average molecular weight is 458 g/mol. The molecule has 164 valence electrons. The molecule has 0 aliphatic heterocycles. The van der Waals surface area contributed by atoms with Gasteiger partial charge >= 0.3 is 6.18 Å². The van der Waals surface area contributed by atoms with Crippen LogP contribution in [0.4, 0.5) is 13.2 Å². The first-order valence-electron chi connectivity index (χ1n) is 9.49. The van der Waals surface area contributed by atoms with Gasteiger partial charge in [-0.3, -0.25) is 0 Å². The number of benzene rings is 2. The predicted molar refractivity (Wildman–Crippen MR) is 112 cm³/mol. The number of rotatable bonds is 4. The van der Waals surface area contributed by atoms with Crippen LogP contribution < -0.4 is 0 Å². The van der Waals surface area contributed by atoms with Crippen molar-refractivity contribution in [3.63, 3.8) is 0 Å². The maximum Gasteiger partial charge on any atom is 0.416 e. The Hall–Kier alpha value is -3.40. The summed E-state index contributed by atoms with van der Waals surface area (Å²) in [4.78, 5) is 16.6. The summed E-state index contributed by atoms with van der Waals surface area (Å²) < 4.78 is 64.8. The predicted octanol–water partition coefficient (Wildman–Crippen LogP) is 4.70. The zero-order valence-electron chi connectivity index (χ0n) is 17.1. The number of alkyl halides is 3. The fraction of sp³-hybridized carbons (Fsp3) is 0.182. The van der Waals surface area contributed by atoms with Gasteiger partial charge in [0.05, 0.1) is 33.1 Å². The van der Waals surface area contributed by atoms with Crippen LogP contribution in [-0.2, 0) is 21.8 Å². The molecule has 0 atom stereocenters. The largest absolute Gasteiger partial charge is 0.416 e. The molecule has 6 nitrogen and oxygen atoms in total. The molecule has 0 aliphatic carbocycles. The third-order valence-corrected chi connectivity index (χ3v) is 6.58. The number of aryl methyl sites for hydroxylation is 2. The lowest BCUT2D eigenvalue weighted by Gasteiger charge is -2.13. The normalized spacial score (nSPS) is 12.3. The Labute approximate surface area is 182 Å². The molecule has 2 heterocycles. The second-order valence-electron chi connectivity index (χ2n) is 7.29. The monoisotopic (exact) mass is 458 g/mol. The van der Waals surface area contributed by atoms with Crippen molar-refractivity contribution in [2.75, 3.05) is 0 Å². The highest BCUT2D eigenvalue weighted by Gasteiger charge is 2.31. The quantitative estimate of drug-likeness (QED) is 0.441. The Bertz CT molecular complexity index is 1420. The molecule has 0 unspecified atom stereocenters. The molecule has 10 heteroatoms. The molecule has 0 fully saturated rings. The molecule has 0 radical (unpaired) electrons. The Morgan fingerprint density at radius 2 is 1.75 bits per heavy atom. The Morgan fingerprint density at radius 1 is 0.969 bits per heavy atom. The van der Waals surface area contributed by atoms with Crippen molar-refractivity contribution >= 4 is 20.7 Å². The van der Waals surface area contributed by atoms with Crippen LogP contribution >= 0.6 is 0 Å². The standard InChI is InChI=1S/C22H17F3N4O2S/c1-13-9-15(22(23,24)25)3-5-18(13)21-19-6-4-17(10-20(19)28-14(2)29-21)32(30,31)11-16-7-8-26-12-27-16/h3-10,12H,11H2,1-2H3. The van der Waals surface area contributed by atoms with Crippen LogP contribution in [0.3, 0.4) is 0 Å². The number of halogens is 3. The number of hydrogen-bond acceptors (Lipinski definition) is 6. The summed E-state index contributed by atoms with van der Waals surface area (Å²) in [7, 11) is -3.70. The van der Waals surface area contributed by atoms with Crippen molar-refractivity contribution in [1.29, 1.82) is 0 Å². The van der Waals surface area contributed by atoms with Gasteiger partial charge in [-0.2, -0.15) is 13.2 Å². The minimum atomic E-state index is -4.44. The van der Waals surface area contributed by atoms with Crippen LogP contribution in [0, 0.1) is 13.8 Å². The molecule has 0 N–H and O–H groups in total. The number of fused-ring (bicyclic) bond motifs is 1. The van der Waals surface area contributed by atoms with Crippen LogP contribution in [0.2, 0.25) is 0 Å². The maximum absolute atomic E-state index is 13.0. The van der Waals surface area contributed by atoms with E-state index in [4.69, 9.17) is 0 Å². The fourth-order valence-corrected chi connectivity index (χ4v) is 4.70. The van der Waals surface area contributed by atoms with E-state index in [1.165, 1.54) is 36.8 Å². The lowest BCUT2D eigenvalue weighted by atomic mass is 9.99. The van der Waals surface area contributed by atoms with E-state index in [2.05, 4.69) is 19.9 Å². The van der Waals surface area contributed by atoms with Gasteiger partial charge in [-0.25, -0.2) is 28.4 Å². The van der Waals surface area contributed by atoms with Gasteiger partial charge in [0.15, 0.2) is 9.84 Å². The summed E-state index contributed by atoms with van der Waals surface area (Å²) in [6.45, 7) is 3.22. The third kappa shape index (κ3) is 4.31. The first-order valence-corrected chi connectivity index (χ1v) is 11.1. The zero-order valence-corrected chi connectivity index (χ0v) is 17.9. The van der Waals surface area contributed by atoms with E-state index in [0.717, 1.165) is 12.1 Å². The molecular formula is C22H17F3N4O2S. The lowest BCUT2D eigenvalue weighted by molar-refractivity contribution is -0.137. The second kappa shape index (κ2) is 7.94. The van der Waals surface area contributed by atoms with Gasteiger partial charge in [-0.05, 0) is 55.8 Å². The van der Waals surface area contributed by atoms with Crippen molar-refractivity contribution in [3.8, 4) is 11.3 Å². The summed E-state index contributed by atoms with van der Waals surface area (Å²) in [6, 6.07) is 9.44. The van der Waals surface area contributed by atoms with Crippen LogP contribution in [0.1, 0.15) is 22.6 Å². The Morgan fingerprint density at radius 3 is 2.41 bits per heavy atom. The topological polar surface area (TPSA) is 85.7 Å². The van der Waals surface area contributed by atoms with Crippen molar-refractivity contribution in [1.82, 2.24) is 19.9 Å². The van der Waals surface area contributed by atoms with Crippen molar-refractivity contribution in [2.24, 2.45) is 0 Å². The molecule has 0 aliphatic rings. The molecule has 0 bridgehead atoms. The molecule has 2 aromatic carbocycles. The minimum absolute atomic E-state index is 0.0665. The van der Waals surface area contributed by atoms with Crippen LogP contribution in [0.5, 0.6) is 0 Å². The highest BCUT2D eigenvalue weighted by Crippen LogP contribution is 2.35. The summed E-state index contributed by atoms with van der Waals surface area (Å²) in [6.07, 6.45) is -1.70.